The highest BCUT2D eigenvalue weighted by Gasteiger charge is 2.19. The third kappa shape index (κ3) is 1.45. The van der Waals surface area contributed by atoms with Gasteiger partial charge in [-0.25, -0.2) is 0 Å². The average Bonchev–Trinajstić information content (AvgIpc) is 2.32. The number of anilines is 2. The lowest BCUT2D eigenvalue weighted by Gasteiger charge is -2.20. The molecule has 1 aliphatic heterocycles. The van der Waals surface area contributed by atoms with Gasteiger partial charge in [-0.3, -0.25) is 0 Å². The van der Waals surface area contributed by atoms with Gasteiger partial charge >= 0.3 is 0 Å². The van der Waals surface area contributed by atoms with Gasteiger partial charge in [-0.2, -0.15) is 0 Å². The van der Waals surface area contributed by atoms with Crippen molar-refractivity contribution in [3.8, 4) is 0 Å². The van der Waals surface area contributed by atoms with Crippen molar-refractivity contribution in [1.29, 1.82) is 0 Å². The second-order valence-corrected chi connectivity index (χ2v) is 5.68. The maximum Gasteiger partial charge on any atom is 0.0701 e. The molecule has 16 heavy (non-hydrogen) atoms. The molecule has 2 aromatic carbocycles. The van der Waals surface area contributed by atoms with Crippen LogP contribution in [0.15, 0.2) is 56.0 Å². The number of fused-ring (bicyclic) bond motifs is 2. The zero-order valence-electron chi connectivity index (χ0n) is 8.44. The number of nitrogens with two attached hydrogens (primary N) is 2. The van der Waals surface area contributed by atoms with Crippen LogP contribution in [0.25, 0.3) is 0 Å². The molecule has 0 radical (unpaired) electrons. The molecular weight excluding hydrogens is 236 g/mol. The van der Waals surface area contributed by atoms with Crippen LogP contribution in [-0.4, -0.2) is 0 Å². The van der Waals surface area contributed by atoms with Gasteiger partial charge in [0.1, 0.15) is 0 Å². The zero-order valence-corrected chi connectivity index (χ0v) is 10.1. The highest BCUT2D eigenvalue weighted by atomic mass is 32.2. The molecule has 2 nitrogen and oxygen atoms in total. The van der Waals surface area contributed by atoms with Crippen LogP contribution in [0, 0.1) is 0 Å². The highest BCUT2D eigenvalue weighted by Crippen LogP contribution is 2.51. The van der Waals surface area contributed by atoms with Gasteiger partial charge in [0.15, 0.2) is 0 Å². The Bertz CT molecular complexity index is 567. The van der Waals surface area contributed by atoms with Crippen molar-refractivity contribution in [3.63, 3.8) is 0 Å². The molecule has 0 unspecified atom stereocenters. The summed E-state index contributed by atoms with van der Waals surface area (Å²) in [6, 6.07) is 12.2. The van der Waals surface area contributed by atoms with Crippen LogP contribution in [0.1, 0.15) is 0 Å². The Hall–Kier alpha value is -1.26. The first-order valence-corrected chi connectivity index (χ1v) is 6.51. The molecule has 0 aliphatic carbocycles. The first kappa shape index (κ1) is 9.93. The van der Waals surface area contributed by atoms with Gasteiger partial charge in [0.25, 0.3) is 0 Å². The maximum atomic E-state index is 6.00. The van der Waals surface area contributed by atoms with Gasteiger partial charge in [-0.05, 0) is 24.3 Å². The van der Waals surface area contributed by atoms with Gasteiger partial charge in [-0.1, -0.05) is 35.7 Å². The molecule has 0 atom stereocenters. The highest BCUT2D eigenvalue weighted by molar-refractivity contribution is 8.05. The number of rotatable bonds is 0. The van der Waals surface area contributed by atoms with Crippen molar-refractivity contribution in [2.45, 2.75) is 19.6 Å². The molecule has 1 heterocycles. The van der Waals surface area contributed by atoms with E-state index >= 15 is 0 Å². The molecule has 3 rings (SSSR count). The summed E-state index contributed by atoms with van der Waals surface area (Å²) in [4.78, 5) is 4.81. The van der Waals surface area contributed by atoms with E-state index < -0.39 is 0 Å². The summed E-state index contributed by atoms with van der Waals surface area (Å²) in [5.74, 6) is 0. The van der Waals surface area contributed by atoms with Crippen molar-refractivity contribution in [2.75, 3.05) is 11.5 Å². The van der Waals surface area contributed by atoms with Crippen LogP contribution in [0.3, 0.4) is 0 Å². The van der Waals surface area contributed by atoms with Crippen molar-refractivity contribution >= 4 is 34.9 Å². The lowest BCUT2D eigenvalue weighted by atomic mass is 10.3. The van der Waals surface area contributed by atoms with E-state index in [4.69, 9.17) is 11.5 Å². The molecule has 4 N–H and O–H groups in total. The Labute approximate surface area is 102 Å². The summed E-state index contributed by atoms with van der Waals surface area (Å²) in [6.45, 7) is 0. The Balaban J connectivity index is 2.16. The summed E-state index contributed by atoms with van der Waals surface area (Å²) in [5, 5.41) is 0. The van der Waals surface area contributed by atoms with Gasteiger partial charge in [0.05, 0.1) is 16.3 Å². The first-order valence-electron chi connectivity index (χ1n) is 4.88. The summed E-state index contributed by atoms with van der Waals surface area (Å²) in [5.41, 5.74) is 13.2. The minimum absolute atomic E-state index is 0.659. The minimum Gasteiger partial charge on any atom is -0.397 e. The van der Waals surface area contributed by atoms with Gasteiger partial charge in [0.2, 0.25) is 0 Å². The van der Waals surface area contributed by atoms with E-state index in [1.165, 1.54) is 14.7 Å². The topological polar surface area (TPSA) is 52.0 Å². The molecule has 0 spiro atoms. The van der Waals surface area contributed by atoms with Crippen molar-refractivity contribution < 1.29 is 0 Å². The zero-order chi connectivity index (χ0) is 11.1. The number of benzene rings is 2. The molecule has 0 saturated carbocycles. The van der Waals surface area contributed by atoms with Crippen LogP contribution in [0.2, 0.25) is 0 Å². The number of nitrogen functional groups attached to an aromatic ring is 2. The lowest BCUT2D eigenvalue weighted by Crippen LogP contribution is -1.99. The Kier molecular flexibility index (Phi) is 2.26. The SMILES string of the molecule is Nc1ccc2c(c1N)Sc1ccccc1S2. The normalized spacial score (nSPS) is 13.0. The fourth-order valence-corrected chi connectivity index (χ4v) is 3.95. The molecular formula is C12H10N2S2. The van der Waals surface area contributed by atoms with Crippen molar-refractivity contribution in [2.24, 2.45) is 0 Å². The van der Waals surface area contributed by atoms with E-state index in [1.807, 2.05) is 18.2 Å². The molecule has 0 saturated heterocycles. The number of hydrogen-bond acceptors (Lipinski definition) is 4. The van der Waals surface area contributed by atoms with Crippen LogP contribution < -0.4 is 11.5 Å². The van der Waals surface area contributed by atoms with E-state index in [0.717, 1.165) is 4.90 Å². The lowest BCUT2D eigenvalue weighted by molar-refractivity contribution is 1.16. The molecule has 0 aromatic heterocycles. The quantitative estimate of drug-likeness (QED) is 0.596. The molecule has 4 heteroatoms. The predicted molar refractivity (Wildman–Crippen MR) is 70.0 cm³/mol. The van der Waals surface area contributed by atoms with E-state index in [1.54, 1.807) is 23.5 Å². The third-order valence-corrected chi connectivity index (χ3v) is 5.09. The summed E-state index contributed by atoms with van der Waals surface area (Å²) in [6.07, 6.45) is 0. The molecule has 1 aliphatic rings. The third-order valence-electron chi connectivity index (χ3n) is 2.47. The Morgan fingerprint density at radius 2 is 1.44 bits per heavy atom. The molecule has 0 amide bonds. The van der Waals surface area contributed by atoms with E-state index in [-0.39, 0.29) is 0 Å². The molecule has 0 bridgehead atoms. The van der Waals surface area contributed by atoms with Crippen LogP contribution >= 0.6 is 23.5 Å². The Morgan fingerprint density at radius 3 is 2.19 bits per heavy atom. The van der Waals surface area contributed by atoms with Gasteiger partial charge < -0.3 is 11.5 Å². The van der Waals surface area contributed by atoms with E-state index in [9.17, 15) is 0 Å². The monoisotopic (exact) mass is 246 g/mol. The van der Waals surface area contributed by atoms with Gasteiger partial charge in [-0.15, -0.1) is 0 Å². The summed E-state index contributed by atoms with van der Waals surface area (Å²) >= 11 is 3.45. The second kappa shape index (κ2) is 3.64. The van der Waals surface area contributed by atoms with Crippen LogP contribution in [0.4, 0.5) is 11.4 Å². The Morgan fingerprint density at radius 1 is 0.750 bits per heavy atom. The fraction of sp³-hybridized carbons (Fsp3) is 0. The van der Waals surface area contributed by atoms with Crippen molar-refractivity contribution in [1.82, 2.24) is 0 Å². The number of hydrogen-bond donors (Lipinski definition) is 2. The average molecular weight is 246 g/mol. The second-order valence-electron chi connectivity index (χ2n) is 3.55. The smallest absolute Gasteiger partial charge is 0.0701 e. The van der Waals surface area contributed by atoms with Crippen molar-refractivity contribution in [3.05, 3.63) is 36.4 Å². The molecule has 2 aromatic rings. The van der Waals surface area contributed by atoms with Crippen LogP contribution in [-0.2, 0) is 0 Å². The van der Waals surface area contributed by atoms with Crippen LogP contribution in [0.5, 0.6) is 0 Å². The predicted octanol–water partition coefficient (Wildman–Crippen LogP) is 3.47. The summed E-state index contributed by atoms with van der Waals surface area (Å²) in [7, 11) is 0. The van der Waals surface area contributed by atoms with Gasteiger partial charge in [0, 0.05) is 14.7 Å². The first-order chi connectivity index (χ1) is 7.75. The standard InChI is InChI=1S/C12H10N2S2/c13-7-5-6-10-12(11(7)14)16-9-4-2-1-3-8(9)15-10/h1-6H,13-14H2. The maximum absolute atomic E-state index is 6.00. The van der Waals surface area contributed by atoms with E-state index in [0.29, 0.717) is 11.4 Å². The minimum atomic E-state index is 0.659. The fourth-order valence-electron chi connectivity index (χ4n) is 1.63. The molecule has 0 fully saturated rings. The summed E-state index contributed by atoms with van der Waals surface area (Å²) < 4.78 is 0. The molecule has 80 valence electrons. The van der Waals surface area contributed by atoms with E-state index in [2.05, 4.69) is 18.2 Å². The largest absolute Gasteiger partial charge is 0.397 e.